The van der Waals surface area contributed by atoms with Crippen LogP contribution in [0.2, 0.25) is 0 Å². The maximum Gasteiger partial charge on any atom is 0.312 e. The standard InChI is InChI=1S/C17H24N4O2/c22-16(19-14-6-2-1-3-7-14)17(23)21-12-10-20(11-13-21)15-8-4-5-9-18-15/h4-5,8-9,14H,1-3,6-7,10-13H2,(H,19,22). The number of hydrogen-bond donors (Lipinski definition) is 1. The fraction of sp³-hybridized carbons (Fsp3) is 0.588. The lowest BCUT2D eigenvalue weighted by molar-refractivity contribution is -0.146. The zero-order chi connectivity index (χ0) is 16.1. The molecule has 2 fully saturated rings. The molecule has 0 unspecified atom stereocenters. The van der Waals surface area contributed by atoms with Crippen molar-refractivity contribution < 1.29 is 9.59 Å². The number of piperazine rings is 1. The van der Waals surface area contributed by atoms with Crippen LogP contribution >= 0.6 is 0 Å². The quantitative estimate of drug-likeness (QED) is 0.832. The maximum absolute atomic E-state index is 12.3. The van der Waals surface area contributed by atoms with E-state index in [0.717, 1.165) is 31.5 Å². The first-order valence-electron chi connectivity index (χ1n) is 8.50. The summed E-state index contributed by atoms with van der Waals surface area (Å²) in [5, 5.41) is 2.90. The van der Waals surface area contributed by atoms with Gasteiger partial charge in [0, 0.05) is 38.4 Å². The Hall–Kier alpha value is -2.11. The van der Waals surface area contributed by atoms with Gasteiger partial charge in [0.25, 0.3) is 0 Å². The van der Waals surface area contributed by atoms with E-state index in [1.54, 1.807) is 11.1 Å². The van der Waals surface area contributed by atoms with Gasteiger partial charge in [0.15, 0.2) is 0 Å². The molecule has 2 aliphatic rings. The van der Waals surface area contributed by atoms with Crippen LogP contribution < -0.4 is 10.2 Å². The Labute approximate surface area is 136 Å². The zero-order valence-electron chi connectivity index (χ0n) is 13.4. The molecule has 3 rings (SSSR count). The zero-order valence-corrected chi connectivity index (χ0v) is 13.4. The van der Waals surface area contributed by atoms with Gasteiger partial charge in [-0.1, -0.05) is 25.3 Å². The topological polar surface area (TPSA) is 65.5 Å². The van der Waals surface area contributed by atoms with Gasteiger partial charge >= 0.3 is 11.8 Å². The van der Waals surface area contributed by atoms with Crippen molar-refractivity contribution in [3.8, 4) is 0 Å². The molecule has 0 spiro atoms. The third-order valence-corrected chi connectivity index (χ3v) is 4.67. The van der Waals surface area contributed by atoms with Gasteiger partial charge in [-0.25, -0.2) is 4.98 Å². The van der Waals surface area contributed by atoms with Crippen molar-refractivity contribution in [2.45, 2.75) is 38.1 Å². The third kappa shape index (κ3) is 4.00. The lowest BCUT2D eigenvalue weighted by atomic mass is 9.95. The summed E-state index contributed by atoms with van der Waals surface area (Å²) in [6.45, 7) is 2.54. The van der Waals surface area contributed by atoms with Gasteiger partial charge in [0.1, 0.15) is 5.82 Å². The molecule has 6 nitrogen and oxygen atoms in total. The largest absolute Gasteiger partial charge is 0.353 e. The fourth-order valence-corrected chi connectivity index (χ4v) is 3.32. The molecule has 0 bridgehead atoms. The molecule has 0 radical (unpaired) electrons. The Balaban J connectivity index is 1.48. The number of anilines is 1. The van der Waals surface area contributed by atoms with Gasteiger partial charge in [-0.15, -0.1) is 0 Å². The molecule has 6 heteroatoms. The number of carbonyl (C=O) groups excluding carboxylic acids is 2. The first kappa shape index (κ1) is 15.8. The molecule has 1 aromatic rings. The Morgan fingerprint density at radius 3 is 2.43 bits per heavy atom. The van der Waals surface area contributed by atoms with Crippen LogP contribution in [0.5, 0.6) is 0 Å². The van der Waals surface area contributed by atoms with Crippen LogP contribution in [0.3, 0.4) is 0 Å². The van der Waals surface area contributed by atoms with Crippen molar-refractivity contribution in [1.29, 1.82) is 0 Å². The highest BCUT2D eigenvalue weighted by molar-refractivity contribution is 6.35. The van der Waals surface area contributed by atoms with Gasteiger partial charge in [0.2, 0.25) is 0 Å². The molecule has 0 atom stereocenters. The number of nitrogens with zero attached hydrogens (tertiary/aromatic N) is 3. The number of nitrogens with one attached hydrogen (secondary N) is 1. The molecule has 1 N–H and O–H groups in total. The molecule has 1 aromatic heterocycles. The second-order valence-corrected chi connectivity index (χ2v) is 6.28. The highest BCUT2D eigenvalue weighted by atomic mass is 16.2. The predicted octanol–water partition coefficient (Wildman–Crippen LogP) is 1.18. The number of pyridine rings is 1. The minimum absolute atomic E-state index is 0.176. The third-order valence-electron chi connectivity index (χ3n) is 4.67. The summed E-state index contributed by atoms with van der Waals surface area (Å²) in [6.07, 6.45) is 7.27. The van der Waals surface area contributed by atoms with Gasteiger partial charge in [0.05, 0.1) is 0 Å². The van der Waals surface area contributed by atoms with E-state index in [9.17, 15) is 9.59 Å². The smallest absolute Gasteiger partial charge is 0.312 e. The van der Waals surface area contributed by atoms with Crippen molar-refractivity contribution >= 4 is 17.6 Å². The lowest BCUT2D eigenvalue weighted by Gasteiger charge is -2.35. The number of rotatable bonds is 2. The summed E-state index contributed by atoms with van der Waals surface area (Å²) >= 11 is 0. The summed E-state index contributed by atoms with van der Waals surface area (Å²) in [7, 11) is 0. The number of aromatic nitrogens is 1. The summed E-state index contributed by atoms with van der Waals surface area (Å²) in [5.41, 5.74) is 0. The van der Waals surface area contributed by atoms with Crippen LogP contribution in [0.1, 0.15) is 32.1 Å². The van der Waals surface area contributed by atoms with Crippen LogP contribution in [0.25, 0.3) is 0 Å². The van der Waals surface area contributed by atoms with E-state index in [2.05, 4.69) is 15.2 Å². The molecule has 124 valence electrons. The van der Waals surface area contributed by atoms with Crippen LogP contribution in [-0.2, 0) is 9.59 Å². The predicted molar refractivity (Wildman–Crippen MR) is 88.0 cm³/mol. The fourth-order valence-electron chi connectivity index (χ4n) is 3.32. The molecule has 0 aromatic carbocycles. The first-order chi connectivity index (χ1) is 11.2. The minimum Gasteiger partial charge on any atom is -0.353 e. The number of hydrogen-bond acceptors (Lipinski definition) is 4. The SMILES string of the molecule is O=C(NC1CCCCC1)C(=O)N1CCN(c2ccccn2)CC1. The average Bonchev–Trinajstić information content (AvgIpc) is 2.63. The van der Waals surface area contributed by atoms with Crippen LogP contribution in [0.4, 0.5) is 5.82 Å². The van der Waals surface area contributed by atoms with E-state index < -0.39 is 11.8 Å². The molecule has 1 aliphatic heterocycles. The Kier molecular flexibility index (Phi) is 5.10. The van der Waals surface area contributed by atoms with Gasteiger partial charge in [-0.2, -0.15) is 0 Å². The molecule has 23 heavy (non-hydrogen) atoms. The van der Waals surface area contributed by atoms with Gasteiger partial charge < -0.3 is 15.1 Å². The number of amides is 2. The Morgan fingerprint density at radius 1 is 1.04 bits per heavy atom. The van der Waals surface area contributed by atoms with Crippen molar-refractivity contribution in [3.63, 3.8) is 0 Å². The van der Waals surface area contributed by atoms with Crippen molar-refractivity contribution in [2.24, 2.45) is 0 Å². The highest BCUT2D eigenvalue weighted by Crippen LogP contribution is 2.17. The molecule has 1 saturated carbocycles. The van der Waals surface area contributed by atoms with E-state index in [0.29, 0.717) is 26.2 Å². The van der Waals surface area contributed by atoms with E-state index in [-0.39, 0.29) is 6.04 Å². The molecular weight excluding hydrogens is 292 g/mol. The summed E-state index contributed by atoms with van der Waals surface area (Å²) in [5.74, 6) is 0.0886. The van der Waals surface area contributed by atoms with Crippen molar-refractivity contribution in [2.75, 3.05) is 31.1 Å². The first-order valence-corrected chi connectivity index (χ1v) is 8.50. The van der Waals surface area contributed by atoms with Crippen LogP contribution in [0.15, 0.2) is 24.4 Å². The minimum atomic E-state index is -0.441. The van der Waals surface area contributed by atoms with E-state index in [1.807, 2.05) is 18.2 Å². The van der Waals surface area contributed by atoms with Crippen molar-refractivity contribution in [1.82, 2.24) is 15.2 Å². The Bertz CT molecular complexity index is 535. The van der Waals surface area contributed by atoms with Gasteiger partial charge in [-0.3, -0.25) is 9.59 Å². The summed E-state index contributed by atoms with van der Waals surface area (Å²) < 4.78 is 0. The average molecular weight is 316 g/mol. The Morgan fingerprint density at radius 2 is 1.78 bits per heavy atom. The summed E-state index contributed by atoms with van der Waals surface area (Å²) in [6, 6.07) is 5.99. The second-order valence-electron chi connectivity index (χ2n) is 6.28. The molecule has 1 saturated heterocycles. The monoisotopic (exact) mass is 316 g/mol. The van der Waals surface area contributed by atoms with Crippen molar-refractivity contribution in [3.05, 3.63) is 24.4 Å². The molecular formula is C17H24N4O2. The van der Waals surface area contributed by atoms with Gasteiger partial charge in [-0.05, 0) is 25.0 Å². The molecule has 2 amide bonds. The van der Waals surface area contributed by atoms with E-state index in [4.69, 9.17) is 0 Å². The molecule has 2 heterocycles. The summed E-state index contributed by atoms with van der Waals surface area (Å²) in [4.78, 5) is 32.5. The van der Waals surface area contributed by atoms with Crippen LogP contribution in [-0.4, -0.2) is 53.9 Å². The van der Waals surface area contributed by atoms with Crippen LogP contribution in [0, 0.1) is 0 Å². The van der Waals surface area contributed by atoms with E-state index >= 15 is 0 Å². The normalized spacial score (nSPS) is 19.5. The molecule has 1 aliphatic carbocycles. The maximum atomic E-state index is 12.3. The second kappa shape index (κ2) is 7.44. The highest BCUT2D eigenvalue weighted by Gasteiger charge is 2.28. The lowest BCUT2D eigenvalue weighted by Crippen LogP contribution is -2.54. The van der Waals surface area contributed by atoms with E-state index in [1.165, 1.54) is 6.42 Å². The number of carbonyl (C=O) groups is 2.